The van der Waals surface area contributed by atoms with E-state index < -0.39 is 0 Å². The summed E-state index contributed by atoms with van der Waals surface area (Å²) in [6.07, 6.45) is 1.23. The number of nitrogens with zero attached hydrogens (tertiary/aromatic N) is 2. The van der Waals surface area contributed by atoms with Crippen molar-refractivity contribution in [2.45, 2.75) is 25.8 Å². The fourth-order valence-electron chi connectivity index (χ4n) is 2.70. The third-order valence-electron chi connectivity index (χ3n) is 4.12. The van der Waals surface area contributed by atoms with Gasteiger partial charge in [-0.1, -0.05) is 0 Å². The molecular weight excluding hydrogens is 316 g/mol. The predicted molar refractivity (Wildman–Crippen MR) is 85.6 cm³/mol. The maximum absolute atomic E-state index is 12.1. The highest BCUT2D eigenvalue weighted by Gasteiger charge is 2.25. The van der Waals surface area contributed by atoms with Crippen LogP contribution in [0.3, 0.4) is 0 Å². The molecule has 0 saturated carbocycles. The van der Waals surface area contributed by atoms with E-state index in [4.69, 9.17) is 9.47 Å². The second kappa shape index (κ2) is 9.31. The van der Waals surface area contributed by atoms with E-state index in [-0.39, 0.29) is 30.6 Å². The molecule has 136 valence electrons. The van der Waals surface area contributed by atoms with Crippen LogP contribution in [0.25, 0.3) is 0 Å². The van der Waals surface area contributed by atoms with Gasteiger partial charge in [-0.3, -0.25) is 4.79 Å². The van der Waals surface area contributed by atoms with E-state index in [1.54, 1.807) is 16.7 Å². The minimum absolute atomic E-state index is 0.0472. The molecule has 0 unspecified atom stereocenters. The molecule has 9 nitrogen and oxygen atoms in total. The van der Waals surface area contributed by atoms with Crippen molar-refractivity contribution in [3.8, 4) is 0 Å². The molecule has 2 N–H and O–H groups in total. The second-order valence-electron chi connectivity index (χ2n) is 5.78. The molecule has 2 heterocycles. The number of rotatable bonds is 4. The smallest absolute Gasteiger partial charge is 0.409 e. The van der Waals surface area contributed by atoms with E-state index in [0.717, 1.165) is 12.8 Å². The lowest BCUT2D eigenvalue weighted by Crippen LogP contribution is -2.53. The molecule has 0 aliphatic carbocycles. The fraction of sp³-hybridized carbons (Fsp3) is 0.800. The molecule has 2 fully saturated rings. The van der Waals surface area contributed by atoms with Gasteiger partial charge in [0.25, 0.3) is 0 Å². The first-order chi connectivity index (χ1) is 11.6. The largest absolute Gasteiger partial charge is 0.450 e. The topological polar surface area (TPSA) is 100 Å². The summed E-state index contributed by atoms with van der Waals surface area (Å²) in [5.41, 5.74) is 0. The zero-order valence-corrected chi connectivity index (χ0v) is 14.1. The van der Waals surface area contributed by atoms with Crippen LogP contribution < -0.4 is 10.6 Å². The van der Waals surface area contributed by atoms with Crippen LogP contribution in [0.4, 0.5) is 9.59 Å². The number of ether oxygens (including phenoxy) is 2. The number of urea groups is 1. The van der Waals surface area contributed by atoms with E-state index in [0.29, 0.717) is 46.0 Å². The molecular formula is C15H26N4O5. The molecule has 2 aliphatic heterocycles. The van der Waals surface area contributed by atoms with Gasteiger partial charge in [-0.05, 0) is 19.8 Å². The summed E-state index contributed by atoms with van der Waals surface area (Å²) in [6, 6.07) is -0.234. The minimum Gasteiger partial charge on any atom is -0.450 e. The van der Waals surface area contributed by atoms with Gasteiger partial charge in [-0.2, -0.15) is 0 Å². The summed E-state index contributed by atoms with van der Waals surface area (Å²) < 4.78 is 10.2. The number of carbonyl (C=O) groups excluding carboxylic acids is 3. The molecule has 0 spiro atoms. The van der Waals surface area contributed by atoms with Crippen LogP contribution >= 0.6 is 0 Å². The number of piperazine rings is 1. The monoisotopic (exact) mass is 342 g/mol. The Kier molecular flexibility index (Phi) is 7.10. The van der Waals surface area contributed by atoms with Crippen LogP contribution in [0, 0.1) is 0 Å². The normalized spacial score (nSPS) is 18.9. The molecule has 2 saturated heterocycles. The molecule has 0 aromatic carbocycles. The summed E-state index contributed by atoms with van der Waals surface area (Å²) >= 11 is 0. The minimum atomic E-state index is -0.349. The highest BCUT2D eigenvalue weighted by atomic mass is 16.6. The van der Waals surface area contributed by atoms with Gasteiger partial charge in [0.1, 0.15) is 0 Å². The second-order valence-corrected chi connectivity index (χ2v) is 5.78. The van der Waals surface area contributed by atoms with Crippen molar-refractivity contribution in [3.05, 3.63) is 0 Å². The number of amides is 4. The van der Waals surface area contributed by atoms with Gasteiger partial charge in [0.15, 0.2) is 0 Å². The molecule has 0 atom stereocenters. The summed E-state index contributed by atoms with van der Waals surface area (Å²) in [5.74, 6) is -0.152. The Bertz CT molecular complexity index is 445. The molecule has 0 aromatic heterocycles. The van der Waals surface area contributed by atoms with Crippen LogP contribution in [0.15, 0.2) is 0 Å². The first-order valence-electron chi connectivity index (χ1n) is 8.41. The Morgan fingerprint density at radius 2 is 1.71 bits per heavy atom. The van der Waals surface area contributed by atoms with E-state index in [1.807, 2.05) is 0 Å². The highest BCUT2D eigenvalue weighted by molar-refractivity contribution is 5.84. The van der Waals surface area contributed by atoms with Gasteiger partial charge in [-0.15, -0.1) is 0 Å². The Morgan fingerprint density at radius 3 is 2.33 bits per heavy atom. The molecule has 0 radical (unpaired) electrons. The van der Waals surface area contributed by atoms with Crippen molar-refractivity contribution in [3.63, 3.8) is 0 Å². The Labute approximate surface area is 141 Å². The Hall–Kier alpha value is -2.03. The van der Waals surface area contributed by atoms with Crippen molar-refractivity contribution < 1.29 is 23.9 Å². The van der Waals surface area contributed by atoms with Crippen LogP contribution in [0.5, 0.6) is 0 Å². The first kappa shape index (κ1) is 18.3. The van der Waals surface area contributed by atoms with Gasteiger partial charge in [-0.25, -0.2) is 9.59 Å². The van der Waals surface area contributed by atoms with Crippen LogP contribution in [-0.4, -0.2) is 86.4 Å². The van der Waals surface area contributed by atoms with E-state index >= 15 is 0 Å². The SMILES string of the molecule is CCOC(=O)N1CCN(C(=O)CNC(=O)NC2CCOCC2)CC1. The standard InChI is InChI=1S/C15H26N4O5/c1-2-24-15(22)19-7-5-18(6-8-19)13(20)11-16-14(21)17-12-3-9-23-10-4-12/h12H,2-11H2,1H3,(H2,16,17,21). The summed E-state index contributed by atoms with van der Waals surface area (Å²) in [4.78, 5) is 38.8. The van der Waals surface area contributed by atoms with Crippen molar-refractivity contribution in [2.24, 2.45) is 0 Å². The van der Waals surface area contributed by atoms with E-state index in [9.17, 15) is 14.4 Å². The van der Waals surface area contributed by atoms with Crippen LogP contribution in [-0.2, 0) is 14.3 Å². The third kappa shape index (κ3) is 5.55. The third-order valence-corrected chi connectivity index (χ3v) is 4.12. The molecule has 9 heteroatoms. The fourth-order valence-corrected chi connectivity index (χ4v) is 2.70. The zero-order chi connectivity index (χ0) is 17.4. The van der Waals surface area contributed by atoms with Crippen LogP contribution in [0.1, 0.15) is 19.8 Å². The van der Waals surface area contributed by atoms with Crippen molar-refractivity contribution >= 4 is 18.0 Å². The molecule has 0 bridgehead atoms. The average molecular weight is 342 g/mol. The Morgan fingerprint density at radius 1 is 1.08 bits per heavy atom. The van der Waals surface area contributed by atoms with Crippen molar-refractivity contribution in [2.75, 3.05) is 52.5 Å². The lowest BCUT2D eigenvalue weighted by Gasteiger charge is -2.34. The van der Waals surface area contributed by atoms with Gasteiger partial charge in [0.2, 0.25) is 5.91 Å². The van der Waals surface area contributed by atoms with E-state index in [2.05, 4.69) is 10.6 Å². The lowest BCUT2D eigenvalue weighted by molar-refractivity contribution is -0.131. The van der Waals surface area contributed by atoms with Crippen molar-refractivity contribution in [1.82, 2.24) is 20.4 Å². The summed E-state index contributed by atoms with van der Waals surface area (Å²) in [5, 5.41) is 5.44. The maximum Gasteiger partial charge on any atom is 0.409 e. The maximum atomic E-state index is 12.1. The van der Waals surface area contributed by atoms with Gasteiger partial charge < -0.3 is 29.9 Å². The van der Waals surface area contributed by atoms with Gasteiger partial charge in [0, 0.05) is 45.4 Å². The average Bonchev–Trinajstić information content (AvgIpc) is 2.61. The number of hydrogen-bond donors (Lipinski definition) is 2. The summed E-state index contributed by atoms with van der Waals surface area (Å²) in [6.45, 7) is 5.12. The molecule has 24 heavy (non-hydrogen) atoms. The van der Waals surface area contributed by atoms with Gasteiger partial charge in [0.05, 0.1) is 13.2 Å². The van der Waals surface area contributed by atoms with E-state index in [1.165, 1.54) is 0 Å². The number of carbonyl (C=O) groups is 3. The highest BCUT2D eigenvalue weighted by Crippen LogP contribution is 2.06. The van der Waals surface area contributed by atoms with Gasteiger partial charge >= 0.3 is 12.1 Å². The molecule has 2 aliphatic rings. The molecule has 0 aromatic rings. The lowest BCUT2D eigenvalue weighted by atomic mass is 10.1. The predicted octanol–water partition coefficient (Wildman–Crippen LogP) is -0.235. The molecule has 4 amide bonds. The molecule has 2 rings (SSSR count). The summed E-state index contributed by atoms with van der Waals surface area (Å²) in [7, 11) is 0. The quantitative estimate of drug-likeness (QED) is 0.735. The first-order valence-corrected chi connectivity index (χ1v) is 8.41. The number of hydrogen-bond acceptors (Lipinski definition) is 5. The number of nitrogens with one attached hydrogen (secondary N) is 2. The zero-order valence-electron chi connectivity index (χ0n) is 14.1. The van der Waals surface area contributed by atoms with Crippen LogP contribution in [0.2, 0.25) is 0 Å². The Balaban J connectivity index is 1.64. The van der Waals surface area contributed by atoms with Crippen molar-refractivity contribution in [1.29, 1.82) is 0 Å².